The highest BCUT2D eigenvalue weighted by molar-refractivity contribution is 5.82. The van der Waals surface area contributed by atoms with Crippen molar-refractivity contribution in [2.24, 2.45) is 5.92 Å². The van der Waals surface area contributed by atoms with Gasteiger partial charge in [-0.1, -0.05) is 0 Å². The smallest absolute Gasteiger partial charge is 0.119 e. The molecule has 0 bridgehead atoms. The molecule has 1 aliphatic heterocycles. The number of methoxy groups -OCH3 is 1. The van der Waals surface area contributed by atoms with Crippen molar-refractivity contribution >= 4 is 10.9 Å². The maximum atomic E-state index is 5.26. The van der Waals surface area contributed by atoms with Crippen molar-refractivity contribution in [2.75, 3.05) is 20.2 Å². The number of aromatic amines is 1. The van der Waals surface area contributed by atoms with Crippen LogP contribution in [-0.2, 0) is 6.42 Å². The Morgan fingerprint density at radius 1 is 1.47 bits per heavy atom. The van der Waals surface area contributed by atoms with E-state index in [1.165, 1.54) is 17.5 Å². The van der Waals surface area contributed by atoms with Crippen molar-refractivity contribution in [3.05, 3.63) is 23.9 Å². The molecule has 1 atom stereocenters. The lowest BCUT2D eigenvalue weighted by molar-refractivity contribution is 0.415. The molecule has 0 aliphatic carbocycles. The second kappa shape index (κ2) is 4.37. The predicted octanol–water partition coefficient (Wildman–Crippen LogP) is 1.72. The van der Waals surface area contributed by atoms with E-state index in [4.69, 9.17) is 4.74 Å². The topological polar surface area (TPSA) is 49.9 Å². The molecule has 1 saturated heterocycles. The number of benzene rings is 1. The standard InChI is InChI=1S/C13H17N3O/c1-17-10-2-3-12-11(7-10)13(16-15-12)6-9-4-5-14-8-9/h2-3,7,9,14H,4-6,8H2,1H3,(H,15,16). The molecule has 2 aromatic rings. The lowest BCUT2D eigenvalue weighted by atomic mass is 10.0. The van der Waals surface area contributed by atoms with Crippen molar-refractivity contribution in [3.8, 4) is 5.75 Å². The number of aromatic nitrogens is 2. The Morgan fingerprint density at radius 3 is 3.18 bits per heavy atom. The van der Waals surface area contributed by atoms with Gasteiger partial charge >= 0.3 is 0 Å². The first-order valence-electron chi connectivity index (χ1n) is 6.08. The van der Waals surface area contributed by atoms with E-state index in [-0.39, 0.29) is 0 Å². The maximum absolute atomic E-state index is 5.26. The number of hydrogen-bond acceptors (Lipinski definition) is 3. The monoisotopic (exact) mass is 231 g/mol. The SMILES string of the molecule is COc1ccc2n[nH]c(CC3CCNC3)c2c1. The van der Waals surface area contributed by atoms with Gasteiger partial charge in [0.25, 0.3) is 0 Å². The van der Waals surface area contributed by atoms with Crippen molar-refractivity contribution in [3.63, 3.8) is 0 Å². The molecule has 0 radical (unpaired) electrons. The quantitative estimate of drug-likeness (QED) is 0.845. The average molecular weight is 231 g/mol. The largest absolute Gasteiger partial charge is 0.497 e. The van der Waals surface area contributed by atoms with Gasteiger partial charge in [0.2, 0.25) is 0 Å². The molecule has 1 aromatic heterocycles. The summed E-state index contributed by atoms with van der Waals surface area (Å²) in [6.45, 7) is 2.25. The van der Waals surface area contributed by atoms with Gasteiger partial charge in [-0.05, 0) is 50.0 Å². The zero-order valence-corrected chi connectivity index (χ0v) is 9.99. The minimum atomic E-state index is 0.727. The summed E-state index contributed by atoms with van der Waals surface area (Å²) in [5, 5.41) is 12.1. The molecule has 2 N–H and O–H groups in total. The number of fused-ring (bicyclic) bond motifs is 1. The molecular formula is C13H17N3O. The van der Waals surface area contributed by atoms with Crippen molar-refractivity contribution in [1.82, 2.24) is 15.5 Å². The molecule has 1 aromatic carbocycles. The zero-order chi connectivity index (χ0) is 11.7. The van der Waals surface area contributed by atoms with Gasteiger partial charge in [0.1, 0.15) is 5.75 Å². The molecule has 4 nitrogen and oxygen atoms in total. The summed E-state index contributed by atoms with van der Waals surface area (Å²) >= 11 is 0. The van der Waals surface area contributed by atoms with E-state index in [0.717, 1.165) is 36.7 Å². The molecule has 2 heterocycles. The van der Waals surface area contributed by atoms with Crippen molar-refractivity contribution < 1.29 is 4.74 Å². The van der Waals surface area contributed by atoms with E-state index in [2.05, 4.69) is 21.6 Å². The lowest BCUT2D eigenvalue weighted by Crippen LogP contribution is -2.11. The van der Waals surface area contributed by atoms with Crippen LogP contribution in [0.3, 0.4) is 0 Å². The summed E-state index contributed by atoms with van der Waals surface area (Å²) in [4.78, 5) is 0. The van der Waals surface area contributed by atoms with Gasteiger partial charge in [0.05, 0.1) is 12.6 Å². The minimum Gasteiger partial charge on any atom is -0.497 e. The number of hydrogen-bond donors (Lipinski definition) is 2. The van der Waals surface area contributed by atoms with E-state index in [9.17, 15) is 0 Å². The second-order valence-corrected chi connectivity index (χ2v) is 4.65. The van der Waals surface area contributed by atoms with E-state index < -0.39 is 0 Å². The van der Waals surface area contributed by atoms with Gasteiger partial charge < -0.3 is 10.1 Å². The first-order chi connectivity index (χ1) is 8.36. The van der Waals surface area contributed by atoms with Gasteiger partial charge in [-0.15, -0.1) is 0 Å². The second-order valence-electron chi connectivity index (χ2n) is 4.65. The molecule has 0 amide bonds. The number of nitrogens with one attached hydrogen (secondary N) is 2. The summed E-state index contributed by atoms with van der Waals surface area (Å²) in [6.07, 6.45) is 2.32. The van der Waals surface area contributed by atoms with Crippen LogP contribution in [0.2, 0.25) is 0 Å². The highest BCUT2D eigenvalue weighted by atomic mass is 16.5. The molecular weight excluding hydrogens is 214 g/mol. The Hall–Kier alpha value is -1.55. The van der Waals surface area contributed by atoms with Gasteiger partial charge in [-0.3, -0.25) is 5.10 Å². The van der Waals surface area contributed by atoms with Crippen LogP contribution in [0.15, 0.2) is 18.2 Å². The number of H-pyrrole nitrogens is 1. The molecule has 1 unspecified atom stereocenters. The predicted molar refractivity (Wildman–Crippen MR) is 67.3 cm³/mol. The number of rotatable bonds is 3. The zero-order valence-electron chi connectivity index (χ0n) is 9.99. The normalized spacial score (nSPS) is 19.9. The third-order valence-electron chi connectivity index (χ3n) is 3.50. The van der Waals surface area contributed by atoms with Crippen LogP contribution in [0.25, 0.3) is 10.9 Å². The number of nitrogens with zero attached hydrogens (tertiary/aromatic N) is 1. The summed E-state index contributed by atoms with van der Waals surface area (Å²) < 4.78 is 5.26. The van der Waals surface area contributed by atoms with E-state index >= 15 is 0 Å². The fourth-order valence-electron chi connectivity index (χ4n) is 2.50. The first kappa shape index (κ1) is 10.6. The van der Waals surface area contributed by atoms with Crippen LogP contribution in [-0.4, -0.2) is 30.4 Å². The van der Waals surface area contributed by atoms with E-state index in [1.807, 2.05) is 12.1 Å². The Balaban J connectivity index is 1.92. The number of ether oxygens (including phenoxy) is 1. The van der Waals surface area contributed by atoms with Gasteiger partial charge in [0.15, 0.2) is 0 Å². The summed E-state index contributed by atoms with van der Waals surface area (Å²) in [6, 6.07) is 6.02. The molecule has 4 heteroatoms. The van der Waals surface area contributed by atoms with Crippen LogP contribution in [0.5, 0.6) is 5.75 Å². The summed E-state index contributed by atoms with van der Waals surface area (Å²) in [5.41, 5.74) is 2.25. The highest BCUT2D eigenvalue weighted by Gasteiger charge is 2.17. The van der Waals surface area contributed by atoms with Crippen LogP contribution in [0, 0.1) is 5.92 Å². The van der Waals surface area contributed by atoms with E-state index in [0.29, 0.717) is 0 Å². The molecule has 17 heavy (non-hydrogen) atoms. The summed E-state index contributed by atoms with van der Waals surface area (Å²) in [5.74, 6) is 1.62. The van der Waals surface area contributed by atoms with Crippen LogP contribution < -0.4 is 10.1 Å². The van der Waals surface area contributed by atoms with Crippen LogP contribution in [0.4, 0.5) is 0 Å². The van der Waals surface area contributed by atoms with Crippen LogP contribution >= 0.6 is 0 Å². The first-order valence-corrected chi connectivity index (χ1v) is 6.08. The molecule has 90 valence electrons. The average Bonchev–Trinajstić information content (AvgIpc) is 2.99. The van der Waals surface area contributed by atoms with Crippen molar-refractivity contribution in [2.45, 2.75) is 12.8 Å². The molecule has 3 rings (SSSR count). The van der Waals surface area contributed by atoms with Crippen molar-refractivity contribution in [1.29, 1.82) is 0 Å². The Bertz CT molecular complexity index is 514. The molecule has 0 spiro atoms. The van der Waals surface area contributed by atoms with Gasteiger partial charge in [-0.2, -0.15) is 5.10 Å². The van der Waals surface area contributed by atoms with Gasteiger partial charge in [0, 0.05) is 11.1 Å². The van der Waals surface area contributed by atoms with E-state index in [1.54, 1.807) is 7.11 Å². The minimum absolute atomic E-state index is 0.727. The fourth-order valence-corrected chi connectivity index (χ4v) is 2.50. The molecule has 1 fully saturated rings. The Labute approximate surface area is 100 Å². The molecule has 1 aliphatic rings. The lowest BCUT2D eigenvalue weighted by Gasteiger charge is -2.06. The Kier molecular flexibility index (Phi) is 2.73. The fraction of sp³-hybridized carbons (Fsp3) is 0.462. The Morgan fingerprint density at radius 2 is 2.41 bits per heavy atom. The summed E-state index contributed by atoms with van der Waals surface area (Å²) in [7, 11) is 1.70. The van der Waals surface area contributed by atoms with Crippen LogP contribution in [0.1, 0.15) is 12.1 Å². The molecule has 0 saturated carbocycles. The third kappa shape index (κ3) is 2.00. The highest BCUT2D eigenvalue weighted by Crippen LogP contribution is 2.24. The maximum Gasteiger partial charge on any atom is 0.119 e. The third-order valence-corrected chi connectivity index (χ3v) is 3.50. The van der Waals surface area contributed by atoms with Gasteiger partial charge in [-0.25, -0.2) is 0 Å².